The van der Waals surface area contributed by atoms with Gasteiger partial charge in [0.25, 0.3) is 0 Å². The Morgan fingerprint density at radius 2 is 1.93 bits per heavy atom. The van der Waals surface area contributed by atoms with E-state index >= 15 is 0 Å². The molecule has 1 aromatic carbocycles. The minimum Gasteiger partial charge on any atom is -0.495 e. The van der Waals surface area contributed by atoms with Gasteiger partial charge in [0.1, 0.15) is 21.7 Å². The number of thiazole rings is 1. The summed E-state index contributed by atoms with van der Waals surface area (Å²) in [4.78, 5) is 4.29. The maximum absolute atomic E-state index is 5.31. The van der Waals surface area contributed by atoms with Crippen LogP contribution in [0.5, 0.6) is 11.5 Å². The van der Waals surface area contributed by atoms with Crippen molar-refractivity contribution >= 4 is 21.6 Å². The smallest absolute Gasteiger partial charge is 0.168 e. The van der Waals surface area contributed by atoms with Crippen LogP contribution in [0.4, 0.5) is 0 Å². The van der Waals surface area contributed by atoms with E-state index in [0.29, 0.717) is 10.8 Å². The molecule has 0 saturated heterocycles. The van der Waals surface area contributed by atoms with Crippen molar-refractivity contribution in [2.45, 2.75) is 0 Å². The van der Waals surface area contributed by atoms with Crippen LogP contribution in [0.2, 0.25) is 0 Å². The fourth-order valence-electron chi connectivity index (χ4n) is 1.35. The maximum atomic E-state index is 5.31. The van der Waals surface area contributed by atoms with Crippen molar-refractivity contribution in [2.75, 3.05) is 14.2 Å². The number of hydrogen-bond donors (Lipinski definition) is 0. The van der Waals surface area contributed by atoms with Crippen molar-refractivity contribution in [3.63, 3.8) is 0 Å². The Kier molecular flexibility index (Phi) is 2.48. The minimum atomic E-state index is 0.632. The number of rotatable bonds is 2. The molecule has 0 radical (unpaired) electrons. The zero-order chi connectivity index (χ0) is 10.8. The van der Waals surface area contributed by atoms with Gasteiger partial charge in [-0.15, -0.1) is 17.8 Å². The number of hydrogen-bond acceptors (Lipinski definition) is 4. The molecule has 76 valence electrons. The molecule has 0 fully saturated rings. The summed E-state index contributed by atoms with van der Waals surface area (Å²) in [5, 5.41) is 0.632. The van der Waals surface area contributed by atoms with Gasteiger partial charge in [-0.3, -0.25) is 0 Å². The van der Waals surface area contributed by atoms with E-state index in [1.807, 2.05) is 12.1 Å². The first kappa shape index (κ1) is 9.81. The molecular formula is C11H9NO2S. The molecule has 4 heteroatoms. The molecule has 0 aliphatic rings. The number of terminal acetylenes is 1. The van der Waals surface area contributed by atoms with Crippen LogP contribution in [0.15, 0.2) is 12.1 Å². The van der Waals surface area contributed by atoms with E-state index in [0.717, 1.165) is 16.0 Å². The largest absolute Gasteiger partial charge is 0.495 e. The number of benzene rings is 1. The first-order chi connectivity index (χ1) is 7.30. The Morgan fingerprint density at radius 1 is 1.27 bits per heavy atom. The molecule has 1 aromatic heterocycles. The molecule has 0 unspecified atom stereocenters. The molecular weight excluding hydrogens is 210 g/mol. The molecule has 3 nitrogen and oxygen atoms in total. The van der Waals surface area contributed by atoms with Gasteiger partial charge in [-0.25, -0.2) is 4.98 Å². The van der Waals surface area contributed by atoms with Gasteiger partial charge in [0.05, 0.1) is 14.2 Å². The molecule has 0 bridgehead atoms. The number of methoxy groups -OCH3 is 2. The Bertz CT molecular complexity index is 498. The third-order valence-electron chi connectivity index (χ3n) is 2.03. The van der Waals surface area contributed by atoms with Crippen LogP contribution < -0.4 is 9.47 Å². The highest BCUT2D eigenvalue weighted by Gasteiger charge is 2.12. The van der Waals surface area contributed by atoms with Crippen molar-refractivity contribution in [3.8, 4) is 23.8 Å². The zero-order valence-electron chi connectivity index (χ0n) is 8.40. The number of aromatic nitrogens is 1. The fourth-order valence-corrected chi connectivity index (χ4v) is 2.23. The Balaban J connectivity index is 2.78. The van der Waals surface area contributed by atoms with Crippen LogP contribution in [-0.4, -0.2) is 19.2 Å². The predicted octanol–water partition coefficient (Wildman–Crippen LogP) is 2.29. The first-order valence-corrected chi connectivity index (χ1v) is 5.10. The molecule has 0 aliphatic carbocycles. The molecule has 1 heterocycles. The monoisotopic (exact) mass is 219 g/mol. The van der Waals surface area contributed by atoms with Crippen molar-refractivity contribution in [1.82, 2.24) is 4.98 Å². The highest BCUT2D eigenvalue weighted by Crippen LogP contribution is 2.36. The maximum Gasteiger partial charge on any atom is 0.168 e. The van der Waals surface area contributed by atoms with E-state index in [9.17, 15) is 0 Å². The molecule has 0 saturated carbocycles. The predicted molar refractivity (Wildman–Crippen MR) is 60.7 cm³/mol. The Hall–Kier alpha value is -1.73. The third-order valence-corrected chi connectivity index (χ3v) is 3.03. The van der Waals surface area contributed by atoms with Gasteiger partial charge in [-0.05, 0) is 18.1 Å². The summed E-state index contributed by atoms with van der Waals surface area (Å²) >= 11 is 1.43. The SMILES string of the molecule is C#Cc1nc2c(OC)ccc(OC)c2s1. The molecule has 0 N–H and O–H groups in total. The molecule has 0 spiro atoms. The van der Waals surface area contributed by atoms with E-state index in [-0.39, 0.29) is 0 Å². The molecule has 15 heavy (non-hydrogen) atoms. The second-order valence-corrected chi connectivity index (χ2v) is 3.81. The highest BCUT2D eigenvalue weighted by molar-refractivity contribution is 7.19. The summed E-state index contributed by atoms with van der Waals surface area (Å²) in [5.41, 5.74) is 0.759. The minimum absolute atomic E-state index is 0.632. The Labute approximate surface area is 91.7 Å². The van der Waals surface area contributed by atoms with Crippen LogP contribution in [0.25, 0.3) is 10.2 Å². The average Bonchev–Trinajstić information content (AvgIpc) is 2.71. The summed E-state index contributed by atoms with van der Waals surface area (Å²) in [5.74, 6) is 4.00. The van der Waals surface area contributed by atoms with E-state index in [1.165, 1.54) is 11.3 Å². The molecule has 0 atom stereocenters. The van der Waals surface area contributed by atoms with E-state index in [2.05, 4.69) is 10.9 Å². The Morgan fingerprint density at radius 3 is 2.53 bits per heavy atom. The highest BCUT2D eigenvalue weighted by atomic mass is 32.1. The van der Waals surface area contributed by atoms with Gasteiger partial charge < -0.3 is 9.47 Å². The first-order valence-electron chi connectivity index (χ1n) is 4.28. The average molecular weight is 219 g/mol. The summed E-state index contributed by atoms with van der Waals surface area (Å²) in [7, 11) is 3.23. The molecule has 2 rings (SSSR count). The number of ether oxygens (including phenoxy) is 2. The van der Waals surface area contributed by atoms with Gasteiger partial charge in [0.15, 0.2) is 5.01 Å². The summed E-state index contributed by atoms with van der Waals surface area (Å²) < 4.78 is 11.4. The fraction of sp³-hybridized carbons (Fsp3) is 0.182. The second kappa shape index (κ2) is 3.79. The van der Waals surface area contributed by atoms with Gasteiger partial charge in [0, 0.05) is 0 Å². The standard InChI is InChI=1S/C11H9NO2S/c1-4-9-12-10-7(13-2)5-6-8(14-3)11(10)15-9/h1,5-6H,2-3H3. The van der Waals surface area contributed by atoms with Crippen LogP contribution in [0.3, 0.4) is 0 Å². The molecule has 2 aromatic rings. The van der Waals surface area contributed by atoms with Crippen molar-refractivity contribution in [1.29, 1.82) is 0 Å². The number of fused-ring (bicyclic) bond motifs is 1. The van der Waals surface area contributed by atoms with Crippen LogP contribution in [0, 0.1) is 12.3 Å². The normalized spacial score (nSPS) is 9.93. The second-order valence-electron chi connectivity index (χ2n) is 2.81. The van der Waals surface area contributed by atoms with Crippen molar-refractivity contribution in [3.05, 3.63) is 17.1 Å². The van der Waals surface area contributed by atoms with E-state index in [4.69, 9.17) is 15.9 Å². The van der Waals surface area contributed by atoms with Gasteiger partial charge in [0.2, 0.25) is 0 Å². The van der Waals surface area contributed by atoms with E-state index < -0.39 is 0 Å². The summed E-state index contributed by atoms with van der Waals surface area (Å²) in [6, 6.07) is 3.67. The lowest BCUT2D eigenvalue weighted by Gasteiger charge is -2.03. The van der Waals surface area contributed by atoms with E-state index in [1.54, 1.807) is 14.2 Å². The summed E-state index contributed by atoms with van der Waals surface area (Å²) in [6.07, 6.45) is 5.31. The lowest BCUT2D eigenvalue weighted by molar-refractivity contribution is 0.410. The molecule has 0 aliphatic heterocycles. The van der Waals surface area contributed by atoms with Gasteiger partial charge in [-0.1, -0.05) is 0 Å². The van der Waals surface area contributed by atoms with Gasteiger partial charge >= 0.3 is 0 Å². The summed E-state index contributed by atoms with van der Waals surface area (Å²) in [6.45, 7) is 0. The van der Waals surface area contributed by atoms with Gasteiger partial charge in [-0.2, -0.15) is 0 Å². The van der Waals surface area contributed by atoms with Crippen molar-refractivity contribution < 1.29 is 9.47 Å². The quantitative estimate of drug-likeness (QED) is 0.726. The lowest BCUT2D eigenvalue weighted by atomic mass is 10.3. The van der Waals surface area contributed by atoms with Crippen LogP contribution in [-0.2, 0) is 0 Å². The van der Waals surface area contributed by atoms with Crippen LogP contribution >= 0.6 is 11.3 Å². The topological polar surface area (TPSA) is 31.4 Å². The van der Waals surface area contributed by atoms with Crippen molar-refractivity contribution in [2.24, 2.45) is 0 Å². The number of nitrogens with zero attached hydrogens (tertiary/aromatic N) is 1. The van der Waals surface area contributed by atoms with Crippen LogP contribution in [0.1, 0.15) is 5.01 Å². The zero-order valence-corrected chi connectivity index (χ0v) is 9.22. The third kappa shape index (κ3) is 1.51. The molecule has 0 amide bonds. The lowest BCUT2D eigenvalue weighted by Crippen LogP contribution is -1.87.